The van der Waals surface area contributed by atoms with Gasteiger partial charge in [-0.2, -0.15) is 0 Å². The minimum Gasteiger partial charge on any atom is -0.394 e. The van der Waals surface area contributed by atoms with E-state index in [1.165, 1.54) is 25.3 Å². The molecule has 2 N–H and O–H groups in total. The monoisotopic (exact) mass is 283 g/mol. The summed E-state index contributed by atoms with van der Waals surface area (Å²) >= 11 is 0. The third-order valence-electron chi connectivity index (χ3n) is 2.92. The Morgan fingerprint density at radius 1 is 1.45 bits per heavy atom. The SMILES string of the molecule is COCc1cc(C(=O)NC(CO)CC(C)C)ccc1F. The average Bonchev–Trinajstić information content (AvgIpc) is 2.40. The summed E-state index contributed by atoms with van der Waals surface area (Å²) in [5.41, 5.74) is 0.699. The Labute approximate surface area is 119 Å². The zero-order valence-electron chi connectivity index (χ0n) is 12.1. The molecule has 0 bridgehead atoms. The van der Waals surface area contributed by atoms with E-state index in [-0.39, 0.29) is 25.2 Å². The van der Waals surface area contributed by atoms with Gasteiger partial charge < -0.3 is 15.2 Å². The molecule has 1 aromatic carbocycles. The highest BCUT2D eigenvalue weighted by atomic mass is 19.1. The maximum absolute atomic E-state index is 13.5. The van der Waals surface area contributed by atoms with Gasteiger partial charge in [0.25, 0.3) is 5.91 Å². The molecule has 0 aromatic heterocycles. The number of rotatable bonds is 7. The van der Waals surface area contributed by atoms with Gasteiger partial charge in [-0.15, -0.1) is 0 Å². The van der Waals surface area contributed by atoms with Crippen LogP contribution in [-0.2, 0) is 11.3 Å². The maximum Gasteiger partial charge on any atom is 0.251 e. The normalized spacial score (nSPS) is 12.5. The van der Waals surface area contributed by atoms with Crippen molar-refractivity contribution >= 4 is 5.91 Å². The summed E-state index contributed by atoms with van der Waals surface area (Å²) in [5.74, 6) is -0.351. The smallest absolute Gasteiger partial charge is 0.251 e. The van der Waals surface area contributed by atoms with Gasteiger partial charge in [-0.1, -0.05) is 13.8 Å². The summed E-state index contributed by atoms with van der Waals surface area (Å²) in [7, 11) is 1.47. The van der Waals surface area contributed by atoms with Crippen molar-refractivity contribution in [3.8, 4) is 0 Å². The standard InChI is InChI=1S/C15H22FNO3/c1-10(2)6-13(8-18)17-15(19)11-4-5-14(16)12(7-11)9-20-3/h4-5,7,10,13,18H,6,8-9H2,1-3H3,(H,17,19). The highest BCUT2D eigenvalue weighted by molar-refractivity contribution is 5.94. The fourth-order valence-corrected chi connectivity index (χ4v) is 2.00. The van der Waals surface area contributed by atoms with Crippen LogP contribution in [0.1, 0.15) is 36.2 Å². The minimum absolute atomic E-state index is 0.113. The number of nitrogens with one attached hydrogen (secondary N) is 1. The van der Waals surface area contributed by atoms with Crippen LogP contribution in [0.4, 0.5) is 4.39 Å². The maximum atomic E-state index is 13.5. The fourth-order valence-electron chi connectivity index (χ4n) is 2.00. The van der Waals surface area contributed by atoms with E-state index in [4.69, 9.17) is 4.74 Å². The van der Waals surface area contributed by atoms with Crippen LogP contribution in [0.2, 0.25) is 0 Å². The third kappa shape index (κ3) is 4.90. The highest BCUT2D eigenvalue weighted by Gasteiger charge is 2.15. The highest BCUT2D eigenvalue weighted by Crippen LogP contribution is 2.12. The van der Waals surface area contributed by atoms with Crippen molar-refractivity contribution in [1.82, 2.24) is 5.32 Å². The lowest BCUT2D eigenvalue weighted by atomic mass is 10.0. The predicted molar refractivity (Wildman–Crippen MR) is 74.9 cm³/mol. The first-order chi connectivity index (χ1) is 9.47. The second-order valence-electron chi connectivity index (χ2n) is 5.22. The average molecular weight is 283 g/mol. The molecule has 1 aromatic rings. The van der Waals surface area contributed by atoms with Crippen molar-refractivity contribution in [2.45, 2.75) is 32.9 Å². The second kappa shape index (κ2) is 7.97. The Kier molecular flexibility index (Phi) is 6.61. The van der Waals surface area contributed by atoms with E-state index in [0.29, 0.717) is 23.5 Å². The first-order valence-electron chi connectivity index (χ1n) is 6.67. The van der Waals surface area contributed by atoms with E-state index in [2.05, 4.69) is 5.32 Å². The molecule has 0 spiro atoms. The number of ether oxygens (including phenoxy) is 1. The van der Waals surface area contributed by atoms with E-state index >= 15 is 0 Å². The lowest BCUT2D eigenvalue weighted by Gasteiger charge is -2.18. The molecule has 5 heteroatoms. The molecular weight excluding hydrogens is 261 g/mol. The molecular formula is C15H22FNO3. The van der Waals surface area contributed by atoms with E-state index in [0.717, 1.165) is 0 Å². The summed E-state index contributed by atoms with van der Waals surface area (Å²) in [4.78, 5) is 12.1. The number of carbonyl (C=O) groups is 1. The molecule has 20 heavy (non-hydrogen) atoms. The molecule has 1 atom stereocenters. The zero-order valence-corrected chi connectivity index (χ0v) is 12.1. The summed E-state index contributed by atoms with van der Waals surface area (Å²) in [6.45, 7) is 4.03. The molecule has 0 saturated carbocycles. The number of benzene rings is 1. The number of hydrogen-bond donors (Lipinski definition) is 2. The molecule has 1 rings (SSSR count). The molecule has 0 heterocycles. The van der Waals surface area contributed by atoms with Gasteiger partial charge >= 0.3 is 0 Å². The van der Waals surface area contributed by atoms with Crippen LogP contribution in [0.3, 0.4) is 0 Å². The number of methoxy groups -OCH3 is 1. The van der Waals surface area contributed by atoms with Crippen molar-refractivity contribution in [3.05, 3.63) is 35.1 Å². The molecule has 0 saturated heterocycles. The Bertz CT molecular complexity index is 449. The molecule has 0 radical (unpaired) electrons. The largest absolute Gasteiger partial charge is 0.394 e. The summed E-state index contributed by atoms with van der Waals surface area (Å²) in [5, 5.41) is 12.0. The van der Waals surface area contributed by atoms with Gasteiger partial charge in [-0.05, 0) is 30.5 Å². The summed E-state index contributed by atoms with van der Waals surface area (Å²) < 4.78 is 18.4. The van der Waals surface area contributed by atoms with E-state index < -0.39 is 5.82 Å². The van der Waals surface area contributed by atoms with Crippen LogP contribution in [0.25, 0.3) is 0 Å². The van der Waals surface area contributed by atoms with E-state index in [1.807, 2.05) is 13.8 Å². The van der Waals surface area contributed by atoms with Crippen LogP contribution in [0, 0.1) is 11.7 Å². The van der Waals surface area contributed by atoms with Crippen molar-refractivity contribution in [2.75, 3.05) is 13.7 Å². The topological polar surface area (TPSA) is 58.6 Å². The van der Waals surface area contributed by atoms with Gasteiger partial charge in [-0.25, -0.2) is 4.39 Å². The predicted octanol–water partition coefficient (Wildman–Crippen LogP) is 2.11. The van der Waals surface area contributed by atoms with Crippen LogP contribution in [0.5, 0.6) is 0 Å². The minimum atomic E-state index is -0.399. The summed E-state index contributed by atoms with van der Waals surface area (Å²) in [6.07, 6.45) is 0.689. The number of hydrogen-bond acceptors (Lipinski definition) is 3. The Morgan fingerprint density at radius 3 is 2.70 bits per heavy atom. The van der Waals surface area contributed by atoms with Gasteiger partial charge in [0.05, 0.1) is 19.3 Å². The first-order valence-corrected chi connectivity index (χ1v) is 6.67. The molecule has 0 aliphatic heterocycles. The molecule has 0 aliphatic rings. The number of aliphatic hydroxyl groups is 1. The molecule has 0 aliphatic carbocycles. The lowest BCUT2D eigenvalue weighted by Crippen LogP contribution is -2.38. The summed E-state index contributed by atoms with van der Waals surface area (Å²) in [6, 6.07) is 3.85. The molecule has 1 amide bonds. The number of amides is 1. The molecule has 1 unspecified atom stereocenters. The first kappa shape index (κ1) is 16.6. The Morgan fingerprint density at radius 2 is 2.15 bits per heavy atom. The fraction of sp³-hybridized carbons (Fsp3) is 0.533. The van der Waals surface area contributed by atoms with Gasteiger partial charge in [0.15, 0.2) is 0 Å². The Balaban J connectivity index is 2.78. The third-order valence-corrected chi connectivity index (χ3v) is 2.92. The lowest BCUT2D eigenvalue weighted by molar-refractivity contribution is 0.0908. The van der Waals surface area contributed by atoms with Crippen molar-refractivity contribution in [1.29, 1.82) is 0 Å². The molecule has 112 valence electrons. The zero-order chi connectivity index (χ0) is 15.1. The molecule has 4 nitrogen and oxygen atoms in total. The van der Waals surface area contributed by atoms with Crippen LogP contribution in [-0.4, -0.2) is 30.8 Å². The number of aliphatic hydroxyl groups excluding tert-OH is 1. The Hall–Kier alpha value is -1.46. The second-order valence-corrected chi connectivity index (χ2v) is 5.22. The van der Waals surface area contributed by atoms with E-state index in [1.54, 1.807) is 0 Å². The molecule has 0 fully saturated rings. The van der Waals surface area contributed by atoms with Crippen LogP contribution < -0.4 is 5.32 Å². The number of halogens is 1. The van der Waals surface area contributed by atoms with Crippen LogP contribution in [0.15, 0.2) is 18.2 Å². The van der Waals surface area contributed by atoms with Gasteiger partial charge in [0.2, 0.25) is 0 Å². The van der Waals surface area contributed by atoms with Gasteiger partial charge in [-0.3, -0.25) is 4.79 Å². The number of carbonyl (C=O) groups excluding carboxylic acids is 1. The van der Waals surface area contributed by atoms with E-state index in [9.17, 15) is 14.3 Å². The van der Waals surface area contributed by atoms with Crippen molar-refractivity contribution in [3.63, 3.8) is 0 Å². The van der Waals surface area contributed by atoms with Gasteiger partial charge in [0, 0.05) is 18.2 Å². The van der Waals surface area contributed by atoms with Crippen LogP contribution >= 0.6 is 0 Å². The van der Waals surface area contributed by atoms with Crippen molar-refractivity contribution in [2.24, 2.45) is 5.92 Å². The van der Waals surface area contributed by atoms with Gasteiger partial charge in [0.1, 0.15) is 5.82 Å². The quantitative estimate of drug-likeness (QED) is 0.805. The van der Waals surface area contributed by atoms with Crippen molar-refractivity contribution < 1.29 is 19.0 Å².